The first-order valence-corrected chi connectivity index (χ1v) is 9.52. The standard InChI is InChI=1S/C18H27N3O6/c1-18-13(27-18)9-11-12(10-25-16(14(11)18)26-17(24)19-2)15(23)21-5-3-20(4-6-21)7-8-22/h10-11,13-14,16,22H,3-9H2,1-2H3,(H,19,24)/t11-,13+,14-,16+,18+/m1/s1. The molecule has 2 saturated heterocycles. The molecule has 9 nitrogen and oxygen atoms in total. The number of hydrogen-bond donors (Lipinski definition) is 2. The van der Waals surface area contributed by atoms with Crippen molar-refractivity contribution >= 4 is 12.0 Å². The SMILES string of the molecule is CNC(=O)O[C@@H]1OC=C(C(=O)N2CCN(CCO)CC2)[C@H]2C[C@@H]3O[C@]3(C)[C@@H]12. The molecule has 3 aliphatic heterocycles. The van der Waals surface area contributed by atoms with E-state index in [1.165, 1.54) is 13.3 Å². The van der Waals surface area contributed by atoms with Crippen molar-refractivity contribution in [2.45, 2.75) is 31.3 Å². The fourth-order valence-electron chi connectivity index (χ4n) is 4.69. The van der Waals surface area contributed by atoms with Crippen LogP contribution in [-0.4, -0.2) is 91.3 Å². The molecule has 9 heteroatoms. The first kappa shape index (κ1) is 18.5. The second-order valence-electron chi connectivity index (χ2n) is 7.75. The number of ether oxygens (including phenoxy) is 3. The van der Waals surface area contributed by atoms with Gasteiger partial charge in [-0.3, -0.25) is 9.69 Å². The predicted octanol–water partition coefficient (Wildman–Crippen LogP) is -0.487. The number of carbonyl (C=O) groups excluding carboxylic acids is 2. The molecule has 0 aromatic carbocycles. The van der Waals surface area contributed by atoms with Crippen LogP contribution in [0.15, 0.2) is 11.8 Å². The van der Waals surface area contributed by atoms with Crippen molar-refractivity contribution in [2.24, 2.45) is 11.8 Å². The second kappa shape index (κ2) is 6.96. The molecule has 150 valence electrons. The summed E-state index contributed by atoms with van der Waals surface area (Å²) >= 11 is 0. The number of carbonyl (C=O) groups is 2. The summed E-state index contributed by atoms with van der Waals surface area (Å²) in [5.74, 6) is -0.253. The summed E-state index contributed by atoms with van der Waals surface area (Å²) in [5.41, 5.74) is 0.229. The van der Waals surface area contributed by atoms with E-state index in [-0.39, 0.29) is 30.5 Å². The average Bonchev–Trinajstić information content (AvgIpc) is 3.23. The molecule has 2 amide bonds. The van der Waals surface area contributed by atoms with E-state index in [0.717, 1.165) is 19.5 Å². The van der Waals surface area contributed by atoms with Gasteiger partial charge in [-0.2, -0.15) is 0 Å². The van der Waals surface area contributed by atoms with Crippen LogP contribution < -0.4 is 5.32 Å². The van der Waals surface area contributed by atoms with Crippen molar-refractivity contribution in [1.29, 1.82) is 0 Å². The van der Waals surface area contributed by atoms with E-state index < -0.39 is 18.0 Å². The van der Waals surface area contributed by atoms with Crippen molar-refractivity contribution < 1.29 is 28.9 Å². The average molecular weight is 381 g/mol. The maximum absolute atomic E-state index is 13.1. The van der Waals surface area contributed by atoms with Crippen LogP contribution in [0.2, 0.25) is 0 Å². The Morgan fingerprint density at radius 3 is 2.78 bits per heavy atom. The Hall–Kier alpha value is -1.84. The van der Waals surface area contributed by atoms with Crippen molar-refractivity contribution in [2.75, 3.05) is 46.4 Å². The van der Waals surface area contributed by atoms with Crippen LogP contribution >= 0.6 is 0 Å². The fraction of sp³-hybridized carbons (Fsp3) is 0.778. The number of β-amino-alcohol motifs (C(OH)–C–C–N with tert-alkyl or cyclic N) is 1. The summed E-state index contributed by atoms with van der Waals surface area (Å²) in [7, 11) is 1.50. The number of nitrogens with one attached hydrogen (secondary N) is 1. The predicted molar refractivity (Wildman–Crippen MR) is 93.5 cm³/mol. The first-order valence-electron chi connectivity index (χ1n) is 9.52. The quantitative estimate of drug-likeness (QED) is 0.634. The fourth-order valence-corrected chi connectivity index (χ4v) is 4.69. The highest BCUT2D eigenvalue weighted by Gasteiger charge is 2.71. The van der Waals surface area contributed by atoms with Crippen LogP contribution in [0.1, 0.15) is 13.3 Å². The van der Waals surface area contributed by atoms with E-state index in [2.05, 4.69) is 10.2 Å². The lowest BCUT2D eigenvalue weighted by atomic mass is 9.81. The summed E-state index contributed by atoms with van der Waals surface area (Å²) < 4.78 is 16.9. The van der Waals surface area contributed by atoms with Crippen LogP contribution in [0, 0.1) is 11.8 Å². The Kier molecular flexibility index (Phi) is 4.77. The number of aliphatic hydroxyl groups is 1. The van der Waals surface area contributed by atoms with Gasteiger partial charge in [0.15, 0.2) is 0 Å². The molecule has 0 radical (unpaired) electrons. The lowest BCUT2D eigenvalue weighted by Gasteiger charge is -2.39. The van der Waals surface area contributed by atoms with E-state index in [4.69, 9.17) is 19.3 Å². The van der Waals surface area contributed by atoms with Gasteiger partial charge in [0.2, 0.25) is 0 Å². The third kappa shape index (κ3) is 3.17. The molecule has 1 aliphatic carbocycles. The Bertz CT molecular complexity index is 647. The van der Waals surface area contributed by atoms with Gasteiger partial charge in [-0.05, 0) is 13.3 Å². The molecule has 3 heterocycles. The lowest BCUT2D eigenvalue weighted by Crippen LogP contribution is -2.51. The second-order valence-corrected chi connectivity index (χ2v) is 7.75. The van der Waals surface area contributed by atoms with Crippen LogP contribution in [0.3, 0.4) is 0 Å². The molecule has 4 rings (SSSR count). The summed E-state index contributed by atoms with van der Waals surface area (Å²) in [6.07, 6.45) is 0.966. The van der Waals surface area contributed by atoms with Gasteiger partial charge in [0.25, 0.3) is 12.2 Å². The summed E-state index contributed by atoms with van der Waals surface area (Å²) in [6, 6.07) is 0. The number of nitrogens with zero attached hydrogens (tertiary/aromatic N) is 2. The molecule has 0 spiro atoms. The Morgan fingerprint density at radius 2 is 2.11 bits per heavy atom. The van der Waals surface area contributed by atoms with Crippen LogP contribution in [0.5, 0.6) is 0 Å². The number of alkyl carbamates (subject to hydrolysis) is 1. The number of amides is 2. The van der Waals surface area contributed by atoms with Crippen molar-refractivity contribution in [3.05, 3.63) is 11.8 Å². The van der Waals surface area contributed by atoms with Gasteiger partial charge in [-0.25, -0.2) is 4.79 Å². The molecule has 27 heavy (non-hydrogen) atoms. The Morgan fingerprint density at radius 1 is 1.37 bits per heavy atom. The maximum atomic E-state index is 13.1. The van der Waals surface area contributed by atoms with Crippen LogP contribution in [0.25, 0.3) is 0 Å². The minimum Gasteiger partial charge on any atom is -0.461 e. The molecule has 0 unspecified atom stereocenters. The molecule has 0 aromatic heterocycles. The summed E-state index contributed by atoms with van der Waals surface area (Å²) in [5, 5.41) is 11.5. The highest BCUT2D eigenvalue weighted by Crippen LogP contribution is 2.61. The van der Waals surface area contributed by atoms with Gasteiger partial charge in [0.1, 0.15) is 5.60 Å². The molecule has 0 aromatic rings. The van der Waals surface area contributed by atoms with E-state index in [0.29, 0.717) is 25.2 Å². The molecule has 2 N–H and O–H groups in total. The minimum absolute atomic E-state index is 0.0167. The molecule has 1 saturated carbocycles. The number of rotatable bonds is 4. The number of aliphatic hydroxyl groups excluding tert-OH is 1. The highest BCUT2D eigenvalue weighted by atomic mass is 16.7. The third-order valence-corrected chi connectivity index (χ3v) is 6.31. The molecule has 0 bridgehead atoms. The van der Waals surface area contributed by atoms with Gasteiger partial charge in [0.05, 0.1) is 30.5 Å². The number of fused-ring (bicyclic) bond motifs is 3. The van der Waals surface area contributed by atoms with E-state index >= 15 is 0 Å². The number of piperazine rings is 1. The van der Waals surface area contributed by atoms with Crippen molar-refractivity contribution in [1.82, 2.24) is 15.1 Å². The van der Waals surface area contributed by atoms with Gasteiger partial charge in [-0.1, -0.05) is 0 Å². The highest BCUT2D eigenvalue weighted by molar-refractivity contribution is 5.94. The molecule has 3 fully saturated rings. The van der Waals surface area contributed by atoms with Gasteiger partial charge < -0.3 is 29.5 Å². The monoisotopic (exact) mass is 381 g/mol. The molecular formula is C18H27N3O6. The normalized spacial score (nSPS) is 37.6. The van der Waals surface area contributed by atoms with Gasteiger partial charge >= 0.3 is 6.09 Å². The number of epoxide rings is 1. The van der Waals surface area contributed by atoms with Crippen molar-refractivity contribution in [3.63, 3.8) is 0 Å². The van der Waals surface area contributed by atoms with Crippen molar-refractivity contribution in [3.8, 4) is 0 Å². The maximum Gasteiger partial charge on any atom is 0.409 e. The molecule has 5 atom stereocenters. The van der Waals surface area contributed by atoms with E-state index in [9.17, 15) is 9.59 Å². The topological polar surface area (TPSA) is 104 Å². The van der Waals surface area contributed by atoms with Gasteiger partial charge in [-0.15, -0.1) is 0 Å². The minimum atomic E-state index is -0.759. The Labute approximate surface area is 158 Å². The lowest BCUT2D eigenvalue weighted by molar-refractivity contribution is -0.146. The van der Waals surface area contributed by atoms with Crippen LogP contribution in [-0.2, 0) is 19.0 Å². The smallest absolute Gasteiger partial charge is 0.409 e. The zero-order valence-corrected chi connectivity index (χ0v) is 15.7. The zero-order valence-electron chi connectivity index (χ0n) is 15.7. The van der Waals surface area contributed by atoms with Crippen LogP contribution in [0.4, 0.5) is 4.79 Å². The molecular weight excluding hydrogens is 354 g/mol. The van der Waals surface area contributed by atoms with E-state index in [1.807, 2.05) is 11.8 Å². The number of hydrogen-bond acceptors (Lipinski definition) is 7. The first-order chi connectivity index (χ1) is 13.0. The summed E-state index contributed by atoms with van der Waals surface area (Å²) in [6.45, 7) is 5.51. The van der Waals surface area contributed by atoms with Gasteiger partial charge in [0, 0.05) is 45.7 Å². The van der Waals surface area contributed by atoms with E-state index in [1.54, 1.807) is 0 Å². The largest absolute Gasteiger partial charge is 0.461 e. The summed E-state index contributed by atoms with van der Waals surface area (Å²) in [4.78, 5) is 28.8. The third-order valence-electron chi connectivity index (χ3n) is 6.31. The Balaban J connectivity index is 1.47. The zero-order chi connectivity index (χ0) is 19.2. The molecule has 4 aliphatic rings.